The Labute approximate surface area is 177 Å². The van der Waals surface area contributed by atoms with Gasteiger partial charge in [-0.1, -0.05) is 12.1 Å². The smallest absolute Gasteiger partial charge is 0.274 e. The minimum absolute atomic E-state index is 0.150. The van der Waals surface area contributed by atoms with Crippen molar-refractivity contribution in [3.8, 4) is 5.75 Å². The minimum Gasteiger partial charge on any atom is -0.503 e. The first kappa shape index (κ1) is 21.0. The van der Waals surface area contributed by atoms with E-state index in [1.165, 1.54) is 21.7 Å². The third kappa shape index (κ3) is 3.59. The van der Waals surface area contributed by atoms with Crippen LogP contribution in [-0.4, -0.2) is 50.2 Å². The first-order chi connectivity index (χ1) is 14.7. The summed E-state index contributed by atoms with van der Waals surface area (Å²) in [7, 11) is 0. The van der Waals surface area contributed by atoms with Crippen molar-refractivity contribution >= 4 is 11.8 Å². The van der Waals surface area contributed by atoms with Crippen LogP contribution in [0.2, 0.25) is 0 Å². The highest BCUT2D eigenvalue weighted by Gasteiger charge is 2.42. The number of fused-ring (bicyclic) bond motifs is 4. The van der Waals surface area contributed by atoms with Gasteiger partial charge in [-0.15, -0.1) is 0 Å². The van der Waals surface area contributed by atoms with Gasteiger partial charge in [-0.25, -0.2) is 4.39 Å². The number of hydrogen-bond donors (Lipinski definition) is 3. The van der Waals surface area contributed by atoms with Gasteiger partial charge < -0.3 is 25.0 Å². The third-order valence-corrected chi connectivity index (χ3v) is 6.16. The fraction of sp³-hybridized carbons (Fsp3) is 0.409. The molecule has 3 heterocycles. The van der Waals surface area contributed by atoms with Gasteiger partial charge in [0.25, 0.3) is 11.8 Å². The van der Waals surface area contributed by atoms with Gasteiger partial charge in [-0.05, 0) is 38.3 Å². The van der Waals surface area contributed by atoms with Crippen molar-refractivity contribution in [3.63, 3.8) is 0 Å². The number of carbonyl (C=O) groups excluding carboxylic acids is 2. The van der Waals surface area contributed by atoms with E-state index in [2.05, 4.69) is 5.32 Å². The molecule has 2 aromatic rings. The van der Waals surface area contributed by atoms with Crippen molar-refractivity contribution in [2.24, 2.45) is 0 Å². The summed E-state index contributed by atoms with van der Waals surface area (Å²) >= 11 is 0. The number of nitrogens with one attached hydrogen (secondary N) is 1. The van der Waals surface area contributed by atoms with Gasteiger partial charge >= 0.3 is 0 Å². The third-order valence-electron chi connectivity index (χ3n) is 6.16. The molecule has 0 spiro atoms. The molecule has 2 amide bonds. The van der Waals surface area contributed by atoms with Crippen LogP contribution in [0, 0.1) is 12.7 Å². The van der Waals surface area contributed by atoms with E-state index in [0.717, 1.165) is 5.56 Å². The molecule has 0 saturated carbocycles. The molecular formula is C22H24FN3O5. The highest BCUT2D eigenvalue weighted by Crippen LogP contribution is 2.34. The monoisotopic (exact) mass is 429 g/mol. The molecule has 1 saturated heterocycles. The van der Waals surface area contributed by atoms with Crippen LogP contribution in [0.15, 0.2) is 29.2 Å². The van der Waals surface area contributed by atoms with Gasteiger partial charge in [-0.3, -0.25) is 14.4 Å². The number of halogens is 1. The number of carbonyl (C=O) groups is 2. The fourth-order valence-corrected chi connectivity index (χ4v) is 4.28. The zero-order chi connectivity index (χ0) is 22.4. The molecule has 164 valence electrons. The number of aromatic hydroxyl groups is 1. The molecule has 2 aliphatic rings. The number of pyridine rings is 1. The highest BCUT2D eigenvalue weighted by atomic mass is 19.1. The number of benzene rings is 1. The van der Waals surface area contributed by atoms with Crippen molar-refractivity contribution in [3.05, 3.63) is 62.8 Å². The Morgan fingerprint density at radius 3 is 2.74 bits per heavy atom. The molecule has 1 aromatic carbocycles. The number of aliphatic hydroxyl groups is 1. The van der Waals surface area contributed by atoms with Crippen LogP contribution in [0.4, 0.5) is 4.39 Å². The Morgan fingerprint density at radius 2 is 2.03 bits per heavy atom. The van der Waals surface area contributed by atoms with E-state index in [-0.39, 0.29) is 36.0 Å². The average Bonchev–Trinajstić information content (AvgIpc) is 2.85. The van der Waals surface area contributed by atoms with E-state index in [1.807, 2.05) is 6.92 Å². The molecular weight excluding hydrogens is 405 g/mol. The van der Waals surface area contributed by atoms with Crippen molar-refractivity contribution in [1.82, 2.24) is 14.8 Å². The quantitative estimate of drug-likeness (QED) is 0.684. The molecule has 1 fully saturated rings. The van der Waals surface area contributed by atoms with Crippen LogP contribution in [0.3, 0.4) is 0 Å². The number of aliphatic hydroxyl groups excluding tert-OH is 1. The molecule has 4 rings (SSSR count). The second kappa shape index (κ2) is 7.81. The van der Waals surface area contributed by atoms with Crippen LogP contribution in [0.25, 0.3) is 0 Å². The molecule has 9 heteroatoms. The second-order valence-electron chi connectivity index (χ2n) is 8.27. The van der Waals surface area contributed by atoms with Gasteiger partial charge in [-0.2, -0.15) is 0 Å². The average molecular weight is 429 g/mol. The van der Waals surface area contributed by atoms with Gasteiger partial charge in [0.05, 0.1) is 12.1 Å². The summed E-state index contributed by atoms with van der Waals surface area (Å²) in [6.45, 7) is 3.66. The maximum absolute atomic E-state index is 14.0. The molecule has 0 unspecified atom stereocenters. The fourth-order valence-electron chi connectivity index (χ4n) is 4.28. The van der Waals surface area contributed by atoms with E-state index in [0.29, 0.717) is 12.8 Å². The van der Waals surface area contributed by atoms with Crippen molar-refractivity contribution < 1.29 is 24.2 Å². The number of nitrogens with zero attached hydrogens (tertiary/aromatic N) is 2. The molecule has 3 atom stereocenters. The van der Waals surface area contributed by atoms with Gasteiger partial charge in [0.15, 0.2) is 11.4 Å². The summed E-state index contributed by atoms with van der Waals surface area (Å²) in [5.74, 6) is -2.62. The van der Waals surface area contributed by atoms with Gasteiger partial charge in [0.1, 0.15) is 11.4 Å². The van der Waals surface area contributed by atoms with Crippen molar-refractivity contribution in [1.29, 1.82) is 0 Å². The SMILES string of the molecule is Cc1ccc(CNC(=O)c2cn3c(c(O)c2=O)C(=O)N2C[C@@H]3[C@@H](O)CC[C@@H]2C)c(F)c1. The zero-order valence-electron chi connectivity index (χ0n) is 17.3. The van der Waals surface area contributed by atoms with E-state index in [1.54, 1.807) is 19.1 Å². The molecule has 2 aliphatic heterocycles. The van der Waals surface area contributed by atoms with Crippen LogP contribution >= 0.6 is 0 Å². The Morgan fingerprint density at radius 1 is 1.29 bits per heavy atom. The Kier molecular flexibility index (Phi) is 5.30. The van der Waals surface area contributed by atoms with Gasteiger partial charge in [0, 0.05) is 30.9 Å². The molecule has 0 radical (unpaired) electrons. The van der Waals surface area contributed by atoms with E-state index < -0.39 is 41.0 Å². The molecule has 8 nitrogen and oxygen atoms in total. The lowest BCUT2D eigenvalue weighted by Crippen LogP contribution is -2.49. The standard InChI is InChI=1S/C22H24FN3O5/c1-11-3-5-13(15(23)7-11)8-24-21(30)14-9-26-16-10-25(12(2)4-6-17(16)27)22(31)18(26)20(29)19(14)28/h3,5,7,9,12,16-17,27,29H,4,6,8,10H2,1-2H3,(H,24,30)/t12-,16+,17-/m0/s1. The summed E-state index contributed by atoms with van der Waals surface area (Å²) in [4.78, 5) is 39.8. The summed E-state index contributed by atoms with van der Waals surface area (Å²) in [5, 5.41) is 23.6. The lowest BCUT2D eigenvalue weighted by atomic mass is 10.0. The number of amides is 2. The van der Waals surface area contributed by atoms with Crippen LogP contribution in [-0.2, 0) is 6.54 Å². The van der Waals surface area contributed by atoms with Crippen molar-refractivity contribution in [2.75, 3.05) is 6.54 Å². The Balaban J connectivity index is 1.69. The zero-order valence-corrected chi connectivity index (χ0v) is 17.3. The number of aromatic nitrogens is 1. The predicted octanol–water partition coefficient (Wildman–Crippen LogP) is 1.47. The van der Waals surface area contributed by atoms with Crippen LogP contribution in [0.5, 0.6) is 5.75 Å². The Bertz CT molecular complexity index is 1130. The predicted molar refractivity (Wildman–Crippen MR) is 109 cm³/mol. The second-order valence-corrected chi connectivity index (χ2v) is 8.27. The summed E-state index contributed by atoms with van der Waals surface area (Å²) in [6.07, 6.45) is 1.42. The largest absolute Gasteiger partial charge is 0.503 e. The lowest BCUT2D eigenvalue weighted by molar-refractivity contribution is 0.0503. The molecule has 3 N–H and O–H groups in total. The topological polar surface area (TPSA) is 112 Å². The van der Waals surface area contributed by atoms with Crippen molar-refractivity contribution in [2.45, 2.75) is 51.4 Å². The Hall–Kier alpha value is -3.20. The van der Waals surface area contributed by atoms with E-state index in [9.17, 15) is 29.0 Å². The molecule has 1 aromatic heterocycles. The summed E-state index contributed by atoms with van der Waals surface area (Å²) in [5.41, 5.74) is -0.598. The maximum Gasteiger partial charge on any atom is 0.274 e. The number of aryl methyl sites for hydroxylation is 1. The molecule has 2 bridgehead atoms. The van der Waals surface area contributed by atoms with Crippen LogP contribution < -0.4 is 10.7 Å². The molecule has 31 heavy (non-hydrogen) atoms. The van der Waals surface area contributed by atoms with E-state index >= 15 is 0 Å². The number of rotatable bonds is 3. The van der Waals surface area contributed by atoms with Crippen LogP contribution in [0.1, 0.15) is 57.8 Å². The minimum atomic E-state index is -0.983. The molecule has 0 aliphatic carbocycles. The summed E-state index contributed by atoms with van der Waals surface area (Å²) < 4.78 is 15.4. The maximum atomic E-state index is 14.0. The number of hydrogen-bond acceptors (Lipinski definition) is 5. The highest BCUT2D eigenvalue weighted by molar-refractivity contribution is 5.99. The lowest BCUT2D eigenvalue weighted by Gasteiger charge is -2.38. The van der Waals surface area contributed by atoms with Gasteiger partial charge in [0.2, 0.25) is 5.43 Å². The first-order valence-electron chi connectivity index (χ1n) is 10.2. The van der Waals surface area contributed by atoms with E-state index in [4.69, 9.17) is 0 Å². The first-order valence-corrected chi connectivity index (χ1v) is 10.2. The normalized spacial score (nSPS) is 22.6. The summed E-state index contributed by atoms with van der Waals surface area (Å²) in [6, 6.07) is 3.84.